The van der Waals surface area contributed by atoms with Crippen molar-refractivity contribution in [2.24, 2.45) is 5.41 Å². The average molecular weight is 272 g/mol. The van der Waals surface area contributed by atoms with E-state index in [0.717, 1.165) is 0 Å². The summed E-state index contributed by atoms with van der Waals surface area (Å²) in [6, 6.07) is -0.117. The van der Waals surface area contributed by atoms with Crippen molar-refractivity contribution in [3.05, 3.63) is 0 Å². The van der Waals surface area contributed by atoms with Crippen molar-refractivity contribution in [3.8, 4) is 0 Å². The summed E-state index contributed by atoms with van der Waals surface area (Å²) in [5.74, 6) is 0. The van der Waals surface area contributed by atoms with Crippen molar-refractivity contribution >= 4 is 22.0 Å². The fourth-order valence-electron chi connectivity index (χ4n) is 1.10. The Balaban J connectivity index is 4.74. The molecule has 5 nitrogen and oxygen atoms in total. The molecule has 1 atom stereocenters. The molecule has 0 aromatic heterocycles. The van der Waals surface area contributed by atoms with Crippen LogP contribution in [0, 0.1) is 5.41 Å². The number of nitrogens with one attached hydrogen (secondary N) is 1. The molecular weight excluding hydrogens is 250 g/mol. The second-order valence-corrected chi connectivity index (χ2v) is 7.57. The lowest BCUT2D eigenvalue weighted by atomic mass is 9.87. The van der Waals surface area contributed by atoms with Gasteiger partial charge in [0.15, 0.2) is 0 Å². The lowest BCUT2D eigenvalue weighted by Crippen LogP contribution is -2.48. The van der Waals surface area contributed by atoms with Crippen molar-refractivity contribution < 1.29 is 8.42 Å². The van der Waals surface area contributed by atoms with E-state index in [1.54, 1.807) is 7.05 Å². The number of hydrogen-bond donors (Lipinski definition) is 1. The van der Waals surface area contributed by atoms with Gasteiger partial charge in [0.25, 0.3) is 10.2 Å². The quantitative estimate of drug-likeness (QED) is 0.756. The highest BCUT2D eigenvalue weighted by Gasteiger charge is 2.29. The van der Waals surface area contributed by atoms with Gasteiger partial charge in [0.05, 0.1) is 0 Å². The molecule has 7 heteroatoms. The second kappa shape index (κ2) is 5.64. The van der Waals surface area contributed by atoms with Crippen LogP contribution in [0.15, 0.2) is 0 Å². The molecule has 0 radical (unpaired) electrons. The fourth-order valence-corrected chi connectivity index (χ4v) is 2.39. The van der Waals surface area contributed by atoms with Crippen LogP contribution in [0.1, 0.15) is 20.8 Å². The van der Waals surface area contributed by atoms with Gasteiger partial charge in [-0.25, -0.2) is 4.84 Å². The van der Waals surface area contributed by atoms with Crippen molar-refractivity contribution in [2.75, 3.05) is 27.7 Å². The van der Waals surface area contributed by atoms with Crippen molar-refractivity contribution in [1.29, 1.82) is 0 Å². The molecule has 0 amide bonds. The molecule has 98 valence electrons. The van der Waals surface area contributed by atoms with Crippen LogP contribution in [0.4, 0.5) is 0 Å². The van der Waals surface area contributed by atoms with Gasteiger partial charge in [-0.05, 0) is 17.2 Å². The Labute approximate surface area is 104 Å². The Hall–Kier alpha value is 0.120. The summed E-state index contributed by atoms with van der Waals surface area (Å²) in [6.07, 6.45) is 0. The van der Waals surface area contributed by atoms with Gasteiger partial charge in [-0.3, -0.25) is 0 Å². The summed E-state index contributed by atoms with van der Waals surface area (Å²) in [5, 5.41) is 0. The smallest absolute Gasteiger partial charge is 0.229 e. The summed E-state index contributed by atoms with van der Waals surface area (Å²) in [7, 11) is 1.18. The first-order chi connectivity index (χ1) is 7.03. The number of rotatable bonds is 5. The van der Waals surface area contributed by atoms with Crippen LogP contribution in [0.2, 0.25) is 0 Å². The van der Waals surface area contributed by atoms with Crippen molar-refractivity contribution in [1.82, 2.24) is 13.4 Å². The maximum absolute atomic E-state index is 11.8. The normalized spacial score (nSPS) is 15.8. The Morgan fingerprint density at radius 2 is 1.69 bits per heavy atom. The standard InChI is InChI=1S/C9H22ClN3O2S/c1-9(2,3)8(11-10)7-13(6)16(14,15)12(4)5/h8,11H,7H2,1-6H3/t8-/m1/s1. The van der Waals surface area contributed by atoms with Crippen LogP contribution in [0.3, 0.4) is 0 Å². The molecule has 0 aliphatic carbocycles. The van der Waals surface area contributed by atoms with Gasteiger partial charge in [-0.15, -0.1) is 0 Å². The highest BCUT2D eigenvalue weighted by atomic mass is 35.5. The zero-order valence-electron chi connectivity index (χ0n) is 10.8. The molecule has 16 heavy (non-hydrogen) atoms. The van der Waals surface area contributed by atoms with Gasteiger partial charge in [0, 0.05) is 33.7 Å². The predicted octanol–water partition coefficient (Wildman–Crippen LogP) is 0.883. The van der Waals surface area contributed by atoms with Gasteiger partial charge in [0.2, 0.25) is 0 Å². The predicted molar refractivity (Wildman–Crippen MR) is 67.5 cm³/mol. The van der Waals surface area contributed by atoms with E-state index in [1.165, 1.54) is 22.7 Å². The molecule has 0 fully saturated rings. The Morgan fingerprint density at radius 1 is 1.25 bits per heavy atom. The van der Waals surface area contributed by atoms with Gasteiger partial charge >= 0.3 is 0 Å². The molecule has 0 aromatic rings. The number of hydrogen-bond acceptors (Lipinski definition) is 3. The van der Waals surface area contributed by atoms with Gasteiger partial charge in [-0.1, -0.05) is 20.8 Å². The minimum atomic E-state index is -3.37. The molecule has 0 saturated heterocycles. The molecular formula is C9H22ClN3O2S. The third-order valence-electron chi connectivity index (χ3n) is 2.47. The van der Waals surface area contributed by atoms with Gasteiger partial charge in [-0.2, -0.15) is 17.0 Å². The van der Waals surface area contributed by atoms with Crippen LogP contribution < -0.4 is 4.84 Å². The highest BCUT2D eigenvalue weighted by Crippen LogP contribution is 2.21. The van der Waals surface area contributed by atoms with Crippen LogP contribution in [0.5, 0.6) is 0 Å². The lowest BCUT2D eigenvalue weighted by Gasteiger charge is -2.33. The summed E-state index contributed by atoms with van der Waals surface area (Å²) in [4.78, 5) is 2.63. The van der Waals surface area contributed by atoms with E-state index in [0.29, 0.717) is 6.54 Å². The maximum atomic E-state index is 11.8. The molecule has 0 aliphatic rings. The van der Waals surface area contributed by atoms with E-state index in [2.05, 4.69) is 4.84 Å². The van der Waals surface area contributed by atoms with Gasteiger partial charge < -0.3 is 0 Å². The zero-order valence-corrected chi connectivity index (χ0v) is 12.4. The topological polar surface area (TPSA) is 52.7 Å². The van der Waals surface area contributed by atoms with Crippen molar-refractivity contribution in [2.45, 2.75) is 26.8 Å². The number of nitrogens with zero attached hydrogens (tertiary/aromatic N) is 2. The SMILES string of the molecule is CN(C)S(=O)(=O)N(C)C[C@@H](NCl)C(C)(C)C. The van der Waals surface area contributed by atoms with E-state index < -0.39 is 10.2 Å². The van der Waals surface area contributed by atoms with Crippen LogP contribution in [-0.4, -0.2) is 50.8 Å². The van der Waals surface area contributed by atoms with Gasteiger partial charge in [0.1, 0.15) is 0 Å². The molecule has 1 N–H and O–H groups in total. The maximum Gasteiger partial charge on any atom is 0.281 e. The number of halogens is 1. The molecule has 0 saturated carbocycles. The lowest BCUT2D eigenvalue weighted by molar-refractivity contribution is 0.259. The summed E-state index contributed by atoms with van der Waals surface area (Å²) < 4.78 is 26.1. The first-order valence-electron chi connectivity index (χ1n) is 5.03. The minimum Gasteiger partial charge on any atom is -0.229 e. The Kier molecular flexibility index (Phi) is 5.68. The summed E-state index contributed by atoms with van der Waals surface area (Å²) in [6.45, 7) is 6.34. The number of likely N-dealkylation sites (N-methyl/N-ethyl adjacent to an activating group) is 1. The third kappa shape index (κ3) is 4.18. The molecule has 0 bridgehead atoms. The zero-order chi connectivity index (χ0) is 13.1. The Morgan fingerprint density at radius 3 is 1.94 bits per heavy atom. The molecule has 0 unspecified atom stereocenters. The van der Waals surface area contributed by atoms with E-state index in [-0.39, 0.29) is 11.5 Å². The molecule has 0 aliphatic heterocycles. The Bertz CT molecular complexity index is 311. The average Bonchev–Trinajstić information content (AvgIpc) is 2.11. The third-order valence-corrected chi connectivity index (χ3v) is 4.60. The van der Waals surface area contributed by atoms with Crippen LogP contribution in [0.25, 0.3) is 0 Å². The van der Waals surface area contributed by atoms with E-state index in [4.69, 9.17) is 11.8 Å². The molecule has 0 rings (SSSR count). The van der Waals surface area contributed by atoms with Crippen LogP contribution in [-0.2, 0) is 10.2 Å². The minimum absolute atomic E-state index is 0.113. The van der Waals surface area contributed by atoms with E-state index >= 15 is 0 Å². The molecule has 0 aromatic carbocycles. The largest absolute Gasteiger partial charge is 0.281 e. The summed E-state index contributed by atoms with van der Waals surface area (Å²) in [5.41, 5.74) is -0.113. The van der Waals surface area contributed by atoms with E-state index in [9.17, 15) is 8.42 Å². The first kappa shape index (κ1) is 16.1. The molecule has 0 heterocycles. The van der Waals surface area contributed by atoms with E-state index in [1.807, 2.05) is 20.8 Å². The fraction of sp³-hybridized carbons (Fsp3) is 1.00. The second-order valence-electron chi connectivity index (χ2n) is 5.10. The first-order valence-corrected chi connectivity index (χ1v) is 6.81. The monoisotopic (exact) mass is 271 g/mol. The van der Waals surface area contributed by atoms with Crippen molar-refractivity contribution in [3.63, 3.8) is 0 Å². The summed E-state index contributed by atoms with van der Waals surface area (Å²) >= 11 is 5.64. The highest BCUT2D eigenvalue weighted by molar-refractivity contribution is 7.86. The molecule has 0 spiro atoms. The van der Waals surface area contributed by atoms with Crippen LogP contribution >= 0.6 is 11.8 Å².